The van der Waals surface area contributed by atoms with Gasteiger partial charge in [-0.3, -0.25) is 4.90 Å². The molecular formula is C11H19NO3. The molecule has 0 radical (unpaired) electrons. The van der Waals surface area contributed by atoms with Gasteiger partial charge in [0, 0.05) is 0 Å². The highest BCUT2D eigenvalue weighted by Crippen LogP contribution is 2.21. The molecule has 1 aliphatic carbocycles. The van der Waals surface area contributed by atoms with Gasteiger partial charge in [-0.05, 0) is 25.9 Å². The third kappa shape index (κ3) is 2.23. The smallest absolute Gasteiger partial charge is 0.111 e. The number of likely N-dealkylation sites (tertiary alicyclic amines) is 1. The summed E-state index contributed by atoms with van der Waals surface area (Å²) in [7, 11) is 0. The van der Waals surface area contributed by atoms with E-state index in [1.807, 2.05) is 6.08 Å². The zero-order valence-corrected chi connectivity index (χ0v) is 8.79. The number of nitrogens with zero attached hydrogens (tertiary/aromatic N) is 1. The molecule has 0 aromatic rings. The van der Waals surface area contributed by atoms with E-state index >= 15 is 0 Å². The Hall–Kier alpha value is -0.420. The second-order valence-corrected chi connectivity index (χ2v) is 4.44. The Morgan fingerprint density at radius 3 is 2.20 bits per heavy atom. The van der Waals surface area contributed by atoms with E-state index in [9.17, 15) is 15.3 Å². The van der Waals surface area contributed by atoms with Gasteiger partial charge in [-0.1, -0.05) is 18.6 Å². The summed E-state index contributed by atoms with van der Waals surface area (Å²) in [6, 6.07) is -0.135. The predicted octanol–water partition coefficient (Wildman–Crippen LogP) is -0.507. The van der Waals surface area contributed by atoms with E-state index in [4.69, 9.17) is 0 Å². The Labute approximate surface area is 89.8 Å². The van der Waals surface area contributed by atoms with Gasteiger partial charge < -0.3 is 15.3 Å². The van der Waals surface area contributed by atoms with Crippen LogP contribution in [0.3, 0.4) is 0 Å². The van der Waals surface area contributed by atoms with Crippen LogP contribution < -0.4 is 0 Å². The van der Waals surface area contributed by atoms with Crippen LogP contribution in [0.5, 0.6) is 0 Å². The van der Waals surface area contributed by atoms with Crippen molar-refractivity contribution in [3.63, 3.8) is 0 Å². The number of aliphatic hydroxyl groups excluding tert-OH is 3. The molecule has 0 unspecified atom stereocenters. The summed E-state index contributed by atoms with van der Waals surface area (Å²) in [5.74, 6) is 0. The van der Waals surface area contributed by atoms with Crippen molar-refractivity contribution in [2.45, 2.75) is 43.6 Å². The van der Waals surface area contributed by atoms with E-state index in [0.29, 0.717) is 0 Å². The first-order valence-corrected chi connectivity index (χ1v) is 5.67. The van der Waals surface area contributed by atoms with Crippen LogP contribution in [0.25, 0.3) is 0 Å². The minimum atomic E-state index is -1.05. The van der Waals surface area contributed by atoms with E-state index in [2.05, 4.69) is 4.90 Å². The molecule has 2 aliphatic rings. The Morgan fingerprint density at radius 1 is 0.867 bits per heavy atom. The van der Waals surface area contributed by atoms with Crippen molar-refractivity contribution in [1.29, 1.82) is 0 Å². The van der Waals surface area contributed by atoms with Crippen molar-refractivity contribution in [2.24, 2.45) is 0 Å². The van der Waals surface area contributed by atoms with Gasteiger partial charge in [0.1, 0.15) is 18.3 Å². The molecule has 3 N–H and O–H groups in total. The van der Waals surface area contributed by atoms with Gasteiger partial charge in [-0.15, -0.1) is 0 Å². The molecule has 1 fully saturated rings. The molecule has 4 atom stereocenters. The molecule has 15 heavy (non-hydrogen) atoms. The van der Waals surface area contributed by atoms with Crippen molar-refractivity contribution in [3.8, 4) is 0 Å². The predicted molar refractivity (Wildman–Crippen MR) is 56.4 cm³/mol. The molecule has 0 spiro atoms. The quantitative estimate of drug-likeness (QED) is 0.514. The molecule has 0 aromatic carbocycles. The molecular weight excluding hydrogens is 194 g/mol. The fraction of sp³-hybridized carbons (Fsp3) is 0.818. The average molecular weight is 213 g/mol. The fourth-order valence-electron chi connectivity index (χ4n) is 2.41. The maximum atomic E-state index is 9.86. The number of aliphatic hydroxyl groups is 3. The molecule has 4 heteroatoms. The van der Waals surface area contributed by atoms with Crippen molar-refractivity contribution >= 4 is 0 Å². The van der Waals surface area contributed by atoms with Crippen molar-refractivity contribution in [1.82, 2.24) is 4.90 Å². The van der Waals surface area contributed by atoms with Crippen LogP contribution in [0.2, 0.25) is 0 Å². The second-order valence-electron chi connectivity index (χ2n) is 4.44. The van der Waals surface area contributed by atoms with Crippen LogP contribution in [-0.2, 0) is 0 Å². The molecule has 0 saturated carbocycles. The van der Waals surface area contributed by atoms with Gasteiger partial charge >= 0.3 is 0 Å². The first-order chi connectivity index (χ1) is 7.20. The fourth-order valence-corrected chi connectivity index (χ4v) is 2.41. The molecule has 86 valence electrons. The Morgan fingerprint density at radius 2 is 1.53 bits per heavy atom. The van der Waals surface area contributed by atoms with Gasteiger partial charge in [0.15, 0.2) is 0 Å². The Balaban J connectivity index is 2.04. The number of hydrogen-bond donors (Lipinski definition) is 3. The summed E-state index contributed by atoms with van der Waals surface area (Å²) in [4.78, 5) is 2.18. The maximum absolute atomic E-state index is 9.86. The number of hydrogen-bond acceptors (Lipinski definition) is 4. The standard InChI is InChI=1S/C11H19NO3/c13-9-5-4-8(10(14)11(9)15)12-6-2-1-3-7-12/h4-5,8-11,13-15H,1-3,6-7H2/t8-,9+,10+,11+/m0/s1. The van der Waals surface area contributed by atoms with Gasteiger partial charge in [0.05, 0.1) is 6.04 Å². The van der Waals surface area contributed by atoms with Gasteiger partial charge in [0.2, 0.25) is 0 Å². The van der Waals surface area contributed by atoms with Crippen LogP contribution in [0, 0.1) is 0 Å². The van der Waals surface area contributed by atoms with E-state index in [1.165, 1.54) is 6.42 Å². The number of rotatable bonds is 1. The third-order valence-corrected chi connectivity index (χ3v) is 3.37. The van der Waals surface area contributed by atoms with E-state index in [0.717, 1.165) is 25.9 Å². The second kappa shape index (κ2) is 4.61. The average Bonchev–Trinajstić information content (AvgIpc) is 2.27. The van der Waals surface area contributed by atoms with Crippen molar-refractivity contribution in [2.75, 3.05) is 13.1 Å². The summed E-state index contributed by atoms with van der Waals surface area (Å²) in [6.07, 6.45) is 4.08. The zero-order chi connectivity index (χ0) is 10.8. The summed E-state index contributed by atoms with van der Waals surface area (Å²) < 4.78 is 0. The van der Waals surface area contributed by atoms with Crippen LogP contribution in [0.15, 0.2) is 12.2 Å². The van der Waals surface area contributed by atoms with Gasteiger partial charge in [-0.25, -0.2) is 0 Å². The monoisotopic (exact) mass is 213 g/mol. The normalized spacial score (nSPS) is 43.1. The van der Waals surface area contributed by atoms with Gasteiger partial charge in [-0.2, -0.15) is 0 Å². The molecule has 4 nitrogen and oxygen atoms in total. The van der Waals surface area contributed by atoms with E-state index in [-0.39, 0.29) is 6.04 Å². The highest BCUT2D eigenvalue weighted by molar-refractivity contribution is 5.11. The Bertz CT molecular complexity index is 238. The topological polar surface area (TPSA) is 63.9 Å². The first kappa shape index (κ1) is 11.1. The molecule has 1 saturated heterocycles. The molecule has 1 aliphatic heterocycles. The van der Waals surface area contributed by atoms with Crippen LogP contribution >= 0.6 is 0 Å². The van der Waals surface area contributed by atoms with Crippen molar-refractivity contribution in [3.05, 3.63) is 12.2 Å². The maximum Gasteiger partial charge on any atom is 0.111 e. The summed E-state index contributed by atoms with van der Waals surface area (Å²) in [5.41, 5.74) is 0. The molecule has 2 rings (SSSR count). The van der Waals surface area contributed by atoms with Crippen molar-refractivity contribution < 1.29 is 15.3 Å². The molecule has 0 aromatic heterocycles. The lowest BCUT2D eigenvalue weighted by molar-refractivity contribution is -0.0780. The SMILES string of the molecule is O[C@H]1[C@H](O)[C@@H](N2CCCCC2)C=C[C@H]1O. The van der Waals surface area contributed by atoms with Crippen LogP contribution in [0.4, 0.5) is 0 Å². The summed E-state index contributed by atoms with van der Waals surface area (Å²) >= 11 is 0. The highest BCUT2D eigenvalue weighted by atomic mass is 16.4. The minimum Gasteiger partial charge on any atom is -0.388 e. The summed E-state index contributed by atoms with van der Waals surface area (Å²) in [6.45, 7) is 1.93. The lowest BCUT2D eigenvalue weighted by atomic mass is 9.92. The molecule has 1 heterocycles. The lowest BCUT2D eigenvalue weighted by Gasteiger charge is -2.40. The van der Waals surface area contributed by atoms with E-state index < -0.39 is 18.3 Å². The van der Waals surface area contributed by atoms with Gasteiger partial charge in [0.25, 0.3) is 0 Å². The first-order valence-electron chi connectivity index (χ1n) is 5.67. The molecule has 0 bridgehead atoms. The molecule has 0 amide bonds. The largest absolute Gasteiger partial charge is 0.388 e. The lowest BCUT2D eigenvalue weighted by Crippen LogP contribution is -2.54. The number of piperidine rings is 1. The highest BCUT2D eigenvalue weighted by Gasteiger charge is 2.36. The third-order valence-electron chi connectivity index (χ3n) is 3.37. The van der Waals surface area contributed by atoms with E-state index in [1.54, 1.807) is 6.08 Å². The summed E-state index contributed by atoms with van der Waals surface area (Å²) in [5, 5.41) is 28.8. The Kier molecular flexibility index (Phi) is 3.41. The van der Waals surface area contributed by atoms with Crippen LogP contribution in [-0.4, -0.2) is 57.7 Å². The van der Waals surface area contributed by atoms with Crippen LogP contribution in [0.1, 0.15) is 19.3 Å². The zero-order valence-electron chi connectivity index (χ0n) is 8.79. The minimum absolute atomic E-state index is 0.135.